The van der Waals surface area contributed by atoms with Crippen molar-refractivity contribution in [2.45, 2.75) is 31.6 Å². The van der Waals surface area contributed by atoms with E-state index in [1.807, 2.05) is 18.2 Å². The van der Waals surface area contributed by atoms with Crippen molar-refractivity contribution in [1.82, 2.24) is 4.98 Å². The highest BCUT2D eigenvalue weighted by Gasteiger charge is 2.50. The maximum absolute atomic E-state index is 12.6. The van der Waals surface area contributed by atoms with Crippen molar-refractivity contribution >= 4 is 38.8 Å². The number of ether oxygens (including phenoxy) is 2. The van der Waals surface area contributed by atoms with E-state index in [0.717, 1.165) is 21.8 Å². The average Bonchev–Trinajstić information content (AvgIpc) is 2.85. The van der Waals surface area contributed by atoms with Crippen molar-refractivity contribution in [3.63, 3.8) is 0 Å². The second kappa shape index (κ2) is 6.00. The third kappa shape index (κ3) is 2.45. The number of carbonyl (C=O) groups is 2. The quantitative estimate of drug-likeness (QED) is 0.822. The molecule has 1 saturated carbocycles. The van der Waals surface area contributed by atoms with Crippen LogP contribution in [0.15, 0.2) is 22.7 Å². The predicted octanol–water partition coefficient (Wildman–Crippen LogP) is 3.70. The van der Waals surface area contributed by atoms with E-state index >= 15 is 0 Å². The van der Waals surface area contributed by atoms with Crippen LogP contribution in [0.25, 0.3) is 10.9 Å². The molecule has 1 aliphatic carbocycles. The molecule has 0 amide bonds. The lowest BCUT2D eigenvalue weighted by atomic mass is 9.63. The molecule has 1 aromatic carbocycles. The van der Waals surface area contributed by atoms with Gasteiger partial charge in [-0.15, -0.1) is 0 Å². The summed E-state index contributed by atoms with van der Waals surface area (Å²) in [5, 5.41) is 0.854. The SMILES string of the molecule is CCOC(=O)C1(c2c(C(=O)OC)[nH]c3ccc(Br)cc23)CCC1. The molecule has 1 aromatic heterocycles. The topological polar surface area (TPSA) is 68.4 Å². The van der Waals surface area contributed by atoms with Crippen LogP contribution in [0, 0.1) is 0 Å². The first-order valence-corrected chi connectivity index (χ1v) is 8.40. The number of carbonyl (C=O) groups excluding carboxylic acids is 2. The number of fused-ring (bicyclic) bond motifs is 1. The normalized spacial score (nSPS) is 16.0. The Labute approximate surface area is 142 Å². The number of aromatic amines is 1. The molecule has 1 fully saturated rings. The molecular formula is C17H18BrNO4. The molecule has 0 bridgehead atoms. The van der Waals surface area contributed by atoms with Crippen LogP contribution in [-0.2, 0) is 19.7 Å². The molecular weight excluding hydrogens is 362 g/mol. The first kappa shape index (κ1) is 16.1. The molecule has 0 spiro atoms. The van der Waals surface area contributed by atoms with Gasteiger partial charge in [-0.3, -0.25) is 4.79 Å². The molecule has 0 unspecified atom stereocenters. The zero-order valence-corrected chi connectivity index (χ0v) is 14.7. The molecule has 0 atom stereocenters. The van der Waals surface area contributed by atoms with Gasteiger partial charge in [0.2, 0.25) is 0 Å². The van der Waals surface area contributed by atoms with Crippen LogP contribution in [0.5, 0.6) is 0 Å². The summed E-state index contributed by atoms with van der Waals surface area (Å²) in [6, 6.07) is 5.70. The molecule has 2 aromatic rings. The van der Waals surface area contributed by atoms with Gasteiger partial charge in [0.25, 0.3) is 0 Å². The Bertz CT molecular complexity index is 776. The van der Waals surface area contributed by atoms with E-state index in [4.69, 9.17) is 9.47 Å². The highest BCUT2D eigenvalue weighted by Crippen LogP contribution is 2.49. The number of rotatable bonds is 4. The summed E-state index contributed by atoms with van der Waals surface area (Å²) in [6.45, 7) is 2.11. The van der Waals surface area contributed by atoms with Crippen LogP contribution >= 0.6 is 15.9 Å². The van der Waals surface area contributed by atoms with Crippen molar-refractivity contribution < 1.29 is 19.1 Å². The lowest BCUT2D eigenvalue weighted by Crippen LogP contribution is -2.44. The summed E-state index contributed by atoms with van der Waals surface area (Å²) in [5.41, 5.74) is 1.08. The fraction of sp³-hybridized carbons (Fsp3) is 0.412. The van der Waals surface area contributed by atoms with E-state index in [1.54, 1.807) is 6.92 Å². The van der Waals surface area contributed by atoms with Crippen LogP contribution < -0.4 is 0 Å². The Balaban J connectivity index is 2.26. The molecule has 0 radical (unpaired) electrons. The van der Waals surface area contributed by atoms with Crippen LogP contribution in [0.3, 0.4) is 0 Å². The summed E-state index contributed by atoms with van der Waals surface area (Å²) in [7, 11) is 1.34. The van der Waals surface area contributed by atoms with Gasteiger partial charge in [0.15, 0.2) is 0 Å². The Hall–Kier alpha value is -1.82. The van der Waals surface area contributed by atoms with Crippen molar-refractivity contribution in [1.29, 1.82) is 0 Å². The smallest absolute Gasteiger partial charge is 0.354 e. The number of hydrogen-bond donors (Lipinski definition) is 1. The minimum absolute atomic E-state index is 0.266. The van der Waals surface area contributed by atoms with Crippen molar-refractivity contribution in [2.24, 2.45) is 0 Å². The Kier molecular flexibility index (Phi) is 4.19. The van der Waals surface area contributed by atoms with Crippen LogP contribution in [0.1, 0.15) is 42.2 Å². The van der Waals surface area contributed by atoms with Crippen LogP contribution in [0.2, 0.25) is 0 Å². The van der Waals surface area contributed by atoms with E-state index in [1.165, 1.54) is 7.11 Å². The molecule has 1 aliphatic rings. The largest absolute Gasteiger partial charge is 0.465 e. The lowest BCUT2D eigenvalue weighted by molar-refractivity contribution is -0.153. The van der Waals surface area contributed by atoms with Crippen molar-refractivity contribution in [3.8, 4) is 0 Å². The van der Waals surface area contributed by atoms with Gasteiger partial charge in [0.05, 0.1) is 19.1 Å². The van der Waals surface area contributed by atoms with Gasteiger partial charge in [-0.2, -0.15) is 0 Å². The van der Waals surface area contributed by atoms with Gasteiger partial charge in [-0.1, -0.05) is 22.4 Å². The van der Waals surface area contributed by atoms with E-state index in [0.29, 0.717) is 30.7 Å². The Morgan fingerprint density at radius 1 is 1.35 bits per heavy atom. The highest BCUT2D eigenvalue weighted by atomic mass is 79.9. The Morgan fingerprint density at radius 2 is 2.09 bits per heavy atom. The molecule has 5 nitrogen and oxygen atoms in total. The monoisotopic (exact) mass is 379 g/mol. The zero-order valence-electron chi connectivity index (χ0n) is 13.1. The minimum Gasteiger partial charge on any atom is -0.465 e. The zero-order chi connectivity index (χ0) is 16.6. The molecule has 0 saturated heterocycles. The third-order valence-electron chi connectivity index (χ3n) is 4.50. The van der Waals surface area contributed by atoms with Gasteiger partial charge >= 0.3 is 11.9 Å². The number of nitrogens with one attached hydrogen (secondary N) is 1. The summed E-state index contributed by atoms with van der Waals surface area (Å²) >= 11 is 3.46. The van der Waals surface area contributed by atoms with Gasteiger partial charge in [-0.05, 0) is 38.0 Å². The fourth-order valence-electron chi connectivity index (χ4n) is 3.27. The average molecular weight is 380 g/mol. The maximum atomic E-state index is 12.6. The highest BCUT2D eigenvalue weighted by molar-refractivity contribution is 9.10. The van der Waals surface area contributed by atoms with Crippen LogP contribution in [0.4, 0.5) is 0 Å². The van der Waals surface area contributed by atoms with E-state index in [2.05, 4.69) is 20.9 Å². The first-order chi connectivity index (χ1) is 11.0. The second-order valence-corrected chi connectivity index (χ2v) is 6.63. The standard InChI is InChI=1S/C17H18BrNO4/c1-3-23-16(21)17(7-4-8-17)13-11-9-10(18)5-6-12(11)19-14(13)15(20)22-2/h5-6,9,19H,3-4,7-8H2,1-2H3. The molecule has 3 rings (SSSR count). The minimum atomic E-state index is -0.765. The number of methoxy groups -OCH3 is 1. The molecule has 122 valence electrons. The molecule has 1 N–H and O–H groups in total. The van der Waals surface area contributed by atoms with E-state index in [9.17, 15) is 9.59 Å². The number of benzene rings is 1. The molecule has 1 heterocycles. The summed E-state index contributed by atoms with van der Waals surface area (Å²) in [4.78, 5) is 28.0. The van der Waals surface area contributed by atoms with Gasteiger partial charge in [0.1, 0.15) is 5.69 Å². The Morgan fingerprint density at radius 3 is 2.65 bits per heavy atom. The fourth-order valence-corrected chi connectivity index (χ4v) is 3.63. The molecule has 6 heteroatoms. The molecule has 0 aliphatic heterocycles. The molecule has 23 heavy (non-hydrogen) atoms. The number of esters is 2. The third-order valence-corrected chi connectivity index (χ3v) is 5.00. The first-order valence-electron chi connectivity index (χ1n) is 7.60. The van der Waals surface area contributed by atoms with Crippen molar-refractivity contribution in [2.75, 3.05) is 13.7 Å². The van der Waals surface area contributed by atoms with Crippen LogP contribution in [-0.4, -0.2) is 30.6 Å². The van der Waals surface area contributed by atoms with Gasteiger partial charge in [0, 0.05) is 20.9 Å². The number of aromatic nitrogens is 1. The summed E-state index contributed by atoms with van der Waals surface area (Å²) < 4.78 is 11.1. The predicted molar refractivity (Wildman–Crippen MR) is 89.5 cm³/mol. The van der Waals surface area contributed by atoms with Gasteiger partial charge < -0.3 is 14.5 Å². The van der Waals surface area contributed by atoms with E-state index < -0.39 is 11.4 Å². The number of hydrogen-bond acceptors (Lipinski definition) is 4. The van der Waals surface area contributed by atoms with Crippen molar-refractivity contribution in [3.05, 3.63) is 33.9 Å². The summed E-state index contributed by atoms with van der Waals surface area (Å²) in [5.74, 6) is -0.736. The lowest BCUT2D eigenvalue weighted by Gasteiger charge is -2.39. The number of halogens is 1. The van der Waals surface area contributed by atoms with E-state index in [-0.39, 0.29) is 5.97 Å². The maximum Gasteiger partial charge on any atom is 0.354 e. The summed E-state index contributed by atoms with van der Waals surface area (Å²) in [6.07, 6.45) is 2.28. The van der Waals surface area contributed by atoms with Gasteiger partial charge in [-0.25, -0.2) is 4.79 Å². The number of H-pyrrole nitrogens is 1. The second-order valence-electron chi connectivity index (χ2n) is 5.71.